The summed E-state index contributed by atoms with van der Waals surface area (Å²) >= 11 is 1.41. The summed E-state index contributed by atoms with van der Waals surface area (Å²) in [7, 11) is 1.90. The molecular weight excluding hydrogens is 310 g/mol. The smallest absolute Gasteiger partial charge is 0.233 e. The monoisotopic (exact) mass is 333 g/mol. The molecule has 2 aromatic heterocycles. The van der Waals surface area contributed by atoms with Crippen LogP contribution in [0.2, 0.25) is 0 Å². The molecule has 124 valence electrons. The lowest BCUT2D eigenvalue weighted by molar-refractivity contribution is -0.131. The van der Waals surface area contributed by atoms with Gasteiger partial charge in [0.05, 0.1) is 5.75 Å². The van der Waals surface area contributed by atoms with Crippen molar-refractivity contribution in [3.63, 3.8) is 0 Å². The summed E-state index contributed by atoms with van der Waals surface area (Å²) in [6, 6.07) is 4.18. The number of nitrogens with zero attached hydrogens (tertiary/aromatic N) is 5. The Hall–Kier alpha value is -1.89. The molecule has 0 aromatic carbocycles. The summed E-state index contributed by atoms with van der Waals surface area (Å²) in [6.07, 6.45) is 3.48. The van der Waals surface area contributed by atoms with Gasteiger partial charge >= 0.3 is 0 Å². The maximum atomic E-state index is 12.4. The zero-order chi connectivity index (χ0) is 17.0. The highest BCUT2D eigenvalue weighted by molar-refractivity contribution is 7.99. The van der Waals surface area contributed by atoms with Gasteiger partial charge in [0.1, 0.15) is 0 Å². The van der Waals surface area contributed by atoms with Crippen LogP contribution in [-0.4, -0.2) is 48.4 Å². The van der Waals surface area contributed by atoms with E-state index in [-0.39, 0.29) is 18.0 Å². The van der Waals surface area contributed by atoms with Crippen LogP contribution in [0.3, 0.4) is 0 Å². The number of carbonyl (C=O) groups excluding carboxylic acids is 1. The second-order valence-electron chi connectivity index (χ2n) is 5.88. The van der Waals surface area contributed by atoms with Gasteiger partial charge in [0.2, 0.25) is 5.91 Å². The van der Waals surface area contributed by atoms with Crippen LogP contribution >= 0.6 is 11.8 Å². The Morgan fingerprint density at radius 3 is 2.52 bits per heavy atom. The minimum absolute atomic E-state index is 0.117. The maximum Gasteiger partial charge on any atom is 0.233 e. The molecule has 23 heavy (non-hydrogen) atoms. The second kappa shape index (κ2) is 7.59. The number of thioether (sulfide) groups is 1. The SMILES string of the molecule is CC(C)N(C(=O)CSc1nnc(-c2cccnc2)n1C)C(C)C. The van der Waals surface area contributed by atoms with E-state index in [1.165, 1.54) is 11.8 Å². The van der Waals surface area contributed by atoms with Crippen molar-refractivity contribution in [2.75, 3.05) is 5.75 Å². The van der Waals surface area contributed by atoms with E-state index in [4.69, 9.17) is 0 Å². The van der Waals surface area contributed by atoms with Gasteiger partial charge in [-0.15, -0.1) is 10.2 Å². The van der Waals surface area contributed by atoms with Crippen molar-refractivity contribution in [3.05, 3.63) is 24.5 Å². The predicted octanol–water partition coefficient (Wildman–Crippen LogP) is 2.61. The van der Waals surface area contributed by atoms with E-state index in [9.17, 15) is 4.79 Å². The third-order valence-electron chi connectivity index (χ3n) is 3.48. The van der Waals surface area contributed by atoms with Crippen molar-refractivity contribution in [1.82, 2.24) is 24.6 Å². The first kappa shape index (κ1) is 17.5. The number of amides is 1. The summed E-state index contributed by atoms with van der Waals surface area (Å²) in [6.45, 7) is 8.13. The Bertz CT molecular complexity index is 646. The number of carbonyl (C=O) groups is 1. The predicted molar refractivity (Wildman–Crippen MR) is 92.1 cm³/mol. The highest BCUT2D eigenvalue weighted by Gasteiger charge is 2.21. The lowest BCUT2D eigenvalue weighted by atomic mass is 10.2. The average molecular weight is 333 g/mol. The molecule has 0 atom stereocenters. The third-order valence-corrected chi connectivity index (χ3v) is 4.49. The van der Waals surface area contributed by atoms with E-state index in [0.29, 0.717) is 5.75 Å². The van der Waals surface area contributed by atoms with Crippen molar-refractivity contribution in [1.29, 1.82) is 0 Å². The Morgan fingerprint density at radius 2 is 1.96 bits per heavy atom. The molecule has 0 spiro atoms. The maximum absolute atomic E-state index is 12.4. The zero-order valence-corrected chi connectivity index (χ0v) is 15.0. The first-order valence-corrected chi connectivity index (χ1v) is 8.64. The molecule has 7 heteroatoms. The van der Waals surface area contributed by atoms with Gasteiger partial charge in [-0.1, -0.05) is 11.8 Å². The van der Waals surface area contributed by atoms with E-state index in [0.717, 1.165) is 16.5 Å². The first-order valence-electron chi connectivity index (χ1n) is 7.65. The van der Waals surface area contributed by atoms with Crippen molar-refractivity contribution in [2.24, 2.45) is 7.05 Å². The molecule has 2 rings (SSSR count). The second-order valence-corrected chi connectivity index (χ2v) is 6.83. The molecule has 2 aromatic rings. The molecular formula is C16H23N5OS. The molecule has 0 saturated heterocycles. The zero-order valence-electron chi connectivity index (χ0n) is 14.2. The van der Waals surface area contributed by atoms with E-state index in [2.05, 4.69) is 15.2 Å². The molecule has 0 N–H and O–H groups in total. The first-order chi connectivity index (χ1) is 10.9. The van der Waals surface area contributed by atoms with Gasteiger partial charge in [-0.2, -0.15) is 0 Å². The molecule has 1 amide bonds. The number of aromatic nitrogens is 4. The fraction of sp³-hybridized carbons (Fsp3) is 0.500. The molecule has 2 heterocycles. The lowest BCUT2D eigenvalue weighted by Gasteiger charge is -2.30. The van der Waals surface area contributed by atoms with Crippen LogP contribution in [0.15, 0.2) is 29.7 Å². The van der Waals surface area contributed by atoms with Gasteiger partial charge in [0.25, 0.3) is 0 Å². The van der Waals surface area contributed by atoms with E-state index >= 15 is 0 Å². The molecule has 0 aliphatic rings. The van der Waals surface area contributed by atoms with E-state index in [1.54, 1.807) is 12.4 Å². The highest BCUT2D eigenvalue weighted by Crippen LogP contribution is 2.22. The third kappa shape index (κ3) is 4.10. The van der Waals surface area contributed by atoms with Crippen LogP contribution in [0, 0.1) is 0 Å². The number of pyridine rings is 1. The molecule has 6 nitrogen and oxygen atoms in total. The van der Waals surface area contributed by atoms with Gasteiger partial charge < -0.3 is 9.47 Å². The Balaban J connectivity index is 2.08. The van der Waals surface area contributed by atoms with Crippen molar-refractivity contribution in [2.45, 2.75) is 44.9 Å². The molecule has 0 aliphatic carbocycles. The minimum Gasteiger partial charge on any atom is -0.337 e. The van der Waals surface area contributed by atoms with E-state index < -0.39 is 0 Å². The number of hydrogen-bond acceptors (Lipinski definition) is 5. The molecule has 0 bridgehead atoms. The summed E-state index contributed by atoms with van der Waals surface area (Å²) in [4.78, 5) is 18.4. The van der Waals surface area contributed by atoms with Crippen LogP contribution in [-0.2, 0) is 11.8 Å². The van der Waals surface area contributed by atoms with Crippen LogP contribution in [0.4, 0.5) is 0 Å². The van der Waals surface area contributed by atoms with Crippen molar-refractivity contribution >= 4 is 17.7 Å². The molecule has 0 unspecified atom stereocenters. The van der Waals surface area contributed by atoms with Crippen LogP contribution in [0.5, 0.6) is 0 Å². The summed E-state index contributed by atoms with van der Waals surface area (Å²) in [5.41, 5.74) is 0.909. The number of rotatable bonds is 6. The molecule has 0 radical (unpaired) electrons. The fourth-order valence-corrected chi connectivity index (χ4v) is 3.34. The van der Waals surface area contributed by atoms with Crippen molar-refractivity contribution in [3.8, 4) is 11.4 Å². The molecule has 0 aliphatic heterocycles. The average Bonchev–Trinajstić information content (AvgIpc) is 2.86. The Morgan fingerprint density at radius 1 is 1.26 bits per heavy atom. The largest absolute Gasteiger partial charge is 0.337 e. The summed E-state index contributed by atoms with van der Waals surface area (Å²) in [5.74, 6) is 1.22. The quantitative estimate of drug-likeness (QED) is 0.760. The van der Waals surface area contributed by atoms with Gasteiger partial charge in [0.15, 0.2) is 11.0 Å². The van der Waals surface area contributed by atoms with Crippen molar-refractivity contribution < 1.29 is 4.79 Å². The molecule has 0 fully saturated rings. The Labute approximate surface area is 141 Å². The van der Waals surface area contributed by atoms with Crippen LogP contribution in [0.25, 0.3) is 11.4 Å². The van der Waals surface area contributed by atoms with Gasteiger partial charge in [0, 0.05) is 37.1 Å². The topological polar surface area (TPSA) is 63.9 Å². The fourth-order valence-electron chi connectivity index (χ4n) is 2.56. The van der Waals surface area contributed by atoms with E-state index in [1.807, 2.05) is 56.3 Å². The lowest BCUT2D eigenvalue weighted by Crippen LogP contribution is -2.43. The van der Waals surface area contributed by atoms with Crippen LogP contribution in [0.1, 0.15) is 27.7 Å². The van der Waals surface area contributed by atoms with Gasteiger partial charge in [-0.05, 0) is 39.8 Å². The Kier molecular flexibility index (Phi) is 5.76. The standard InChI is InChI=1S/C16H23N5OS/c1-11(2)21(12(3)4)14(22)10-23-16-19-18-15(20(16)5)13-7-6-8-17-9-13/h6-9,11-12H,10H2,1-5H3. The van der Waals surface area contributed by atoms with Gasteiger partial charge in [-0.3, -0.25) is 9.78 Å². The molecule has 0 saturated carbocycles. The minimum atomic E-state index is 0.117. The highest BCUT2D eigenvalue weighted by atomic mass is 32.2. The normalized spacial score (nSPS) is 11.3. The summed E-state index contributed by atoms with van der Waals surface area (Å²) < 4.78 is 1.89. The van der Waals surface area contributed by atoms with Crippen LogP contribution < -0.4 is 0 Å². The number of hydrogen-bond donors (Lipinski definition) is 0. The summed E-state index contributed by atoms with van der Waals surface area (Å²) in [5, 5.41) is 9.12. The van der Waals surface area contributed by atoms with Gasteiger partial charge in [-0.25, -0.2) is 0 Å².